The molecule has 2 heterocycles. The van der Waals surface area contributed by atoms with E-state index in [9.17, 15) is 13.2 Å². The third-order valence-corrected chi connectivity index (χ3v) is 3.41. The molecule has 0 aliphatic heterocycles. The molecule has 2 aromatic heterocycles. The highest BCUT2D eigenvalue weighted by Crippen LogP contribution is 2.28. The van der Waals surface area contributed by atoms with E-state index in [-0.39, 0.29) is 6.54 Å². The number of fused-ring (bicyclic) bond motifs is 1. The lowest BCUT2D eigenvalue weighted by atomic mass is 10.3. The van der Waals surface area contributed by atoms with Crippen molar-refractivity contribution in [2.75, 3.05) is 18.0 Å². The largest absolute Gasteiger partial charge is 0.390 e. The monoisotopic (exact) mass is 275 g/mol. The van der Waals surface area contributed by atoms with Crippen molar-refractivity contribution in [1.82, 2.24) is 9.97 Å². The van der Waals surface area contributed by atoms with Crippen LogP contribution in [0.15, 0.2) is 17.8 Å². The summed E-state index contributed by atoms with van der Waals surface area (Å²) in [6.45, 7) is 2.22. The minimum atomic E-state index is -4.14. The molecule has 0 unspecified atom stereocenters. The van der Waals surface area contributed by atoms with Gasteiger partial charge in [0.15, 0.2) is 0 Å². The van der Waals surface area contributed by atoms with Gasteiger partial charge in [0.25, 0.3) is 0 Å². The van der Waals surface area contributed by atoms with E-state index < -0.39 is 12.6 Å². The van der Waals surface area contributed by atoms with E-state index in [0.717, 1.165) is 10.2 Å². The summed E-state index contributed by atoms with van der Waals surface area (Å²) >= 11 is 1.45. The lowest BCUT2D eigenvalue weighted by molar-refractivity contribution is -0.132. The van der Waals surface area contributed by atoms with E-state index >= 15 is 0 Å². The number of hydrogen-bond donors (Lipinski definition) is 0. The molecule has 0 spiro atoms. The summed E-state index contributed by atoms with van der Waals surface area (Å²) < 4.78 is 36.8. The smallest absolute Gasteiger partial charge is 0.356 e. The first-order chi connectivity index (χ1) is 8.51. The Labute approximate surface area is 106 Å². The van der Waals surface area contributed by atoms with Crippen molar-refractivity contribution in [2.24, 2.45) is 0 Å². The molecule has 2 aromatic rings. The van der Waals surface area contributed by atoms with Gasteiger partial charge in [0.2, 0.25) is 0 Å². The van der Waals surface area contributed by atoms with Crippen molar-refractivity contribution >= 4 is 27.4 Å². The van der Waals surface area contributed by atoms with Crippen LogP contribution in [0.25, 0.3) is 10.2 Å². The van der Waals surface area contributed by atoms with Crippen molar-refractivity contribution in [3.05, 3.63) is 17.8 Å². The molecule has 0 aliphatic carbocycles. The Morgan fingerprint density at radius 3 is 2.78 bits per heavy atom. The molecular weight excluding hydrogens is 263 g/mol. The Bertz CT molecular complexity index is 523. The van der Waals surface area contributed by atoms with Crippen LogP contribution in [0, 0.1) is 0 Å². The fourth-order valence-electron chi connectivity index (χ4n) is 1.70. The van der Waals surface area contributed by atoms with E-state index in [1.165, 1.54) is 17.7 Å². The van der Waals surface area contributed by atoms with Crippen LogP contribution in [-0.4, -0.2) is 29.2 Å². The van der Waals surface area contributed by atoms with Gasteiger partial charge < -0.3 is 4.90 Å². The normalized spacial score (nSPS) is 12.0. The number of rotatable bonds is 4. The van der Waals surface area contributed by atoms with E-state index in [1.807, 2.05) is 18.4 Å². The van der Waals surface area contributed by atoms with Gasteiger partial charge in [-0.15, -0.1) is 11.3 Å². The summed E-state index contributed by atoms with van der Waals surface area (Å²) in [7, 11) is 0. The molecule has 0 N–H and O–H groups in total. The number of nitrogens with zero attached hydrogens (tertiary/aromatic N) is 3. The SMILES string of the molecule is CCN(CCC(F)(F)F)c1ncnc2sccc12. The summed E-state index contributed by atoms with van der Waals surface area (Å²) in [4.78, 5) is 10.6. The van der Waals surface area contributed by atoms with Crippen molar-refractivity contribution in [2.45, 2.75) is 19.5 Å². The van der Waals surface area contributed by atoms with E-state index in [0.29, 0.717) is 12.4 Å². The highest BCUT2D eigenvalue weighted by atomic mass is 32.1. The Balaban J connectivity index is 2.24. The summed E-state index contributed by atoms with van der Waals surface area (Å²) in [6, 6.07) is 1.84. The lowest BCUT2D eigenvalue weighted by Crippen LogP contribution is -2.28. The van der Waals surface area contributed by atoms with Crippen LogP contribution in [0.3, 0.4) is 0 Å². The highest BCUT2D eigenvalue weighted by molar-refractivity contribution is 7.16. The van der Waals surface area contributed by atoms with Crippen molar-refractivity contribution < 1.29 is 13.2 Å². The van der Waals surface area contributed by atoms with Gasteiger partial charge in [0, 0.05) is 13.1 Å². The van der Waals surface area contributed by atoms with Gasteiger partial charge in [-0.25, -0.2) is 9.97 Å². The van der Waals surface area contributed by atoms with Gasteiger partial charge in [-0.3, -0.25) is 0 Å². The molecule has 7 heteroatoms. The minimum Gasteiger partial charge on any atom is -0.356 e. The lowest BCUT2D eigenvalue weighted by Gasteiger charge is -2.22. The van der Waals surface area contributed by atoms with E-state index in [2.05, 4.69) is 9.97 Å². The molecule has 0 aromatic carbocycles. The Hall–Kier alpha value is -1.37. The quantitative estimate of drug-likeness (QED) is 0.855. The molecular formula is C11H12F3N3S. The predicted molar refractivity (Wildman–Crippen MR) is 66.0 cm³/mol. The first-order valence-corrected chi connectivity index (χ1v) is 6.39. The maximum Gasteiger partial charge on any atom is 0.390 e. The zero-order valence-electron chi connectivity index (χ0n) is 9.74. The predicted octanol–water partition coefficient (Wildman–Crippen LogP) is 3.47. The molecule has 0 fully saturated rings. The molecule has 0 radical (unpaired) electrons. The molecule has 0 atom stereocenters. The molecule has 0 bridgehead atoms. The van der Waals surface area contributed by atoms with Gasteiger partial charge in [-0.1, -0.05) is 0 Å². The van der Waals surface area contributed by atoms with Gasteiger partial charge >= 0.3 is 6.18 Å². The van der Waals surface area contributed by atoms with E-state index in [4.69, 9.17) is 0 Å². The third kappa shape index (κ3) is 2.90. The second kappa shape index (κ2) is 5.09. The zero-order chi connectivity index (χ0) is 13.2. The van der Waals surface area contributed by atoms with Crippen LogP contribution in [0.5, 0.6) is 0 Å². The molecule has 0 aliphatic rings. The molecule has 18 heavy (non-hydrogen) atoms. The Morgan fingerprint density at radius 1 is 1.33 bits per heavy atom. The van der Waals surface area contributed by atoms with Crippen LogP contribution >= 0.6 is 11.3 Å². The third-order valence-electron chi connectivity index (χ3n) is 2.59. The van der Waals surface area contributed by atoms with Crippen LogP contribution in [0.1, 0.15) is 13.3 Å². The van der Waals surface area contributed by atoms with Crippen molar-refractivity contribution in [1.29, 1.82) is 0 Å². The topological polar surface area (TPSA) is 29.0 Å². The highest BCUT2D eigenvalue weighted by Gasteiger charge is 2.28. The maximum atomic E-state index is 12.3. The van der Waals surface area contributed by atoms with Crippen molar-refractivity contribution in [3.8, 4) is 0 Å². The summed E-state index contributed by atoms with van der Waals surface area (Å²) in [6.07, 6.45) is -3.59. The molecule has 3 nitrogen and oxygen atoms in total. The molecule has 98 valence electrons. The second-order valence-electron chi connectivity index (χ2n) is 3.78. The zero-order valence-corrected chi connectivity index (χ0v) is 10.6. The second-order valence-corrected chi connectivity index (χ2v) is 4.68. The first-order valence-electron chi connectivity index (χ1n) is 5.51. The van der Waals surface area contributed by atoms with E-state index in [1.54, 1.807) is 4.90 Å². The standard InChI is InChI=1S/C11H12F3N3S/c1-2-17(5-4-11(12,13)14)9-8-3-6-18-10(8)16-7-15-9/h3,6-7H,2,4-5H2,1H3. The first kappa shape index (κ1) is 13.1. The average molecular weight is 275 g/mol. The molecule has 0 saturated heterocycles. The Kier molecular flexibility index (Phi) is 3.70. The summed E-state index contributed by atoms with van der Waals surface area (Å²) in [5.41, 5.74) is 0. The van der Waals surface area contributed by atoms with Gasteiger partial charge in [0.1, 0.15) is 17.0 Å². The minimum absolute atomic E-state index is 0.0814. The van der Waals surface area contributed by atoms with Crippen LogP contribution < -0.4 is 4.90 Å². The fraction of sp³-hybridized carbons (Fsp3) is 0.455. The number of aromatic nitrogens is 2. The van der Waals surface area contributed by atoms with Crippen LogP contribution in [0.4, 0.5) is 19.0 Å². The van der Waals surface area contributed by atoms with Crippen molar-refractivity contribution in [3.63, 3.8) is 0 Å². The number of alkyl halides is 3. The number of hydrogen-bond acceptors (Lipinski definition) is 4. The average Bonchev–Trinajstić information content (AvgIpc) is 2.77. The van der Waals surface area contributed by atoms with Gasteiger partial charge in [0.05, 0.1) is 11.8 Å². The molecule has 0 amide bonds. The fourth-order valence-corrected chi connectivity index (χ4v) is 2.43. The summed E-state index contributed by atoms with van der Waals surface area (Å²) in [5, 5.41) is 2.67. The molecule has 2 rings (SSSR count). The van der Waals surface area contributed by atoms with Crippen LogP contribution in [-0.2, 0) is 0 Å². The number of halogens is 3. The number of anilines is 1. The molecule has 0 saturated carbocycles. The summed E-state index contributed by atoms with van der Waals surface area (Å²) in [5.74, 6) is 0.577. The van der Waals surface area contributed by atoms with Gasteiger partial charge in [-0.05, 0) is 18.4 Å². The maximum absolute atomic E-state index is 12.3. The Morgan fingerprint density at radius 2 is 2.11 bits per heavy atom. The van der Waals surface area contributed by atoms with Gasteiger partial charge in [-0.2, -0.15) is 13.2 Å². The van der Waals surface area contributed by atoms with Crippen LogP contribution in [0.2, 0.25) is 0 Å². The number of thiophene rings is 1.